The molecule has 0 aromatic heterocycles. The summed E-state index contributed by atoms with van der Waals surface area (Å²) in [5.41, 5.74) is -0.223. The van der Waals surface area contributed by atoms with Crippen LogP contribution >= 0.6 is 0 Å². The minimum Gasteiger partial charge on any atom is -0.343 e. The summed E-state index contributed by atoms with van der Waals surface area (Å²) in [6.07, 6.45) is 3.67. The highest BCUT2D eigenvalue weighted by Crippen LogP contribution is 2.32. The first kappa shape index (κ1) is 10.6. The lowest BCUT2D eigenvalue weighted by atomic mass is 9.98. The van der Waals surface area contributed by atoms with Gasteiger partial charge in [-0.15, -0.1) is 0 Å². The SMILES string of the molecule is CC1CCN(C(=O)CCC2(C)N=N2)CC1. The number of hydrogen-bond acceptors (Lipinski definition) is 3. The topological polar surface area (TPSA) is 45.0 Å². The van der Waals surface area contributed by atoms with Crippen molar-refractivity contribution in [2.75, 3.05) is 13.1 Å². The molecule has 1 amide bonds. The van der Waals surface area contributed by atoms with Gasteiger partial charge in [-0.05, 0) is 25.7 Å². The molecule has 0 spiro atoms. The van der Waals surface area contributed by atoms with Crippen LogP contribution in [0.1, 0.15) is 39.5 Å². The Balaban J connectivity index is 1.71. The molecule has 1 fully saturated rings. The van der Waals surface area contributed by atoms with Gasteiger partial charge in [0.05, 0.1) is 0 Å². The number of amides is 1. The van der Waals surface area contributed by atoms with Gasteiger partial charge in [0.1, 0.15) is 0 Å². The Bertz CT molecular complexity index is 274. The maximum atomic E-state index is 11.8. The Kier molecular flexibility index (Phi) is 2.76. The van der Waals surface area contributed by atoms with Crippen molar-refractivity contribution in [1.82, 2.24) is 4.90 Å². The molecule has 0 aromatic carbocycles. The van der Waals surface area contributed by atoms with Crippen molar-refractivity contribution < 1.29 is 4.79 Å². The van der Waals surface area contributed by atoms with Crippen molar-refractivity contribution in [3.05, 3.63) is 0 Å². The van der Waals surface area contributed by atoms with Crippen LogP contribution in [0.25, 0.3) is 0 Å². The Morgan fingerprint density at radius 1 is 1.40 bits per heavy atom. The van der Waals surface area contributed by atoms with Gasteiger partial charge in [-0.3, -0.25) is 4.79 Å². The molecule has 0 aromatic rings. The van der Waals surface area contributed by atoms with E-state index in [1.807, 2.05) is 11.8 Å². The third-order valence-electron chi connectivity index (χ3n) is 3.39. The van der Waals surface area contributed by atoms with Crippen LogP contribution in [0.3, 0.4) is 0 Å². The van der Waals surface area contributed by atoms with E-state index in [9.17, 15) is 4.79 Å². The van der Waals surface area contributed by atoms with E-state index < -0.39 is 0 Å². The second-order valence-electron chi connectivity index (χ2n) is 4.98. The van der Waals surface area contributed by atoms with Crippen LogP contribution in [0.15, 0.2) is 10.2 Å². The molecule has 0 radical (unpaired) electrons. The zero-order chi connectivity index (χ0) is 10.9. The fourth-order valence-corrected chi connectivity index (χ4v) is 1.95. The summed E-state index contributed by atoms with van der Waals surface area (Å²) in [4.78, 5) is 13.8. The summed E-state index contributed by atoms with van der Waals surface area (Å²) in [7, 11) is 0. The molecule has 2 aliphatic rings. The molecular weight excluding hydrogens is 190 g/mol. The zero-order valence-corrected chi connectivity index (χ0v) is 9.57. The highest BCUT2D eigenvalue weighted by Gasteiger charge is 2.34. The fourth-order valence-electron chi connectivity index (χ4n) is 1.95. The lowest BCUT2D eigenvalue weighted by molar-refractivity contribution is -0.132. The highest BCUT2D eigenvalue weighted by molar-refractivity contribution is 5.76. The molecule has 4 nitrogen and oxygen atoms in total. The molecule has 15 heavy (non-hydrogen) atoms. The molecule has 0 atom stereocenters. The summed E-state index contributed by atoms with van der Waals surface area (Å²) in [5.74, 6) is 1.06. The Morgan fingerprint density at radius 3 is 2.53 bits per heavy atom. The molecule has 1 saturated heterocycles. The summed E-state index contributed by atoms with van der Waals surface area (Å²) < 4.78 is 0. The average molecular weight is 209 g/mol. The first-order chi connectivity index (χ1) is 7.09. The highest BCUT2D eigenvalue weighted by atomic mass is 16.2. The number of piperidine rings is 1. The van der Waals surface area contributed by atoms with Gasteiger partial charge < -0.3 is 4.90 Å². The standard InChI is InChI=1S/C11H19N3O/c1-9-4-7-14(8-5-9)10(15)3-6-11(2)12-13-11/h9H,3-8H2,1-2H3. The third-order valence-corrected chi connectivity index (χ3v) is 3.39. The van der Waals surface area contributed by atoms with Crippen molar-refractivity contribution in [1.29, 1.82) is 0 Å². The van der Waals surface area contributed by atoms with Crippen LogP contribution in [-0.4, -0.2) is 29.6 Å². The first-order valence-corrected chi connectivity index (χ1v) is 5.81. The molecule has 0 saturated carbocycles. The van der Waals surface area contributed by atoms with E-state index in [1.165, 1.54) is 0 Å². The molecule has 4 heteroatoms. The summed E-state index contributed by atoms with van der Waals surface area (Å²) in [5, 5.41) is 7.84. The molecule has 0 bridgehead atoms. The average Bonchev–Trinajstić information content (AvgIpc) is 2.95. The molecular formula is C11H19N3O. The van der Waals surface area contributed by atoms with Crippen molar-refractivity contribution in [2.24, 2.45) is 16.1 Å². The summed E-state index contributed by atoms with van der Waals surface area (Å²) in [6, 6.07) is 0. The third kappa shape index (κ3) is 2.76. The molecule has 2 aliphatic heterocycles. The molecule has 84 valence electrons. The first-order valence-electron chi connectivity index (χ1n) is 5.81. The van der Waals surface area contributed by atoms with Crippen LogP contribution in [-0.2, 0) is 4.79 Å². The van der Waals surface area contributed by atoms with Gasteiger partial charge in [-0.2, -0.15) is 10.2 Å². The number of rotatable bonds is 3. The molecule has 0 unspecified atom stereocenters. The van der Waals surface area contributed by atoms with Gasteiger partial charge in [0.2, 0.25) is 5.91 Å². The van der Waals surface area contributed by atoms with Gasteiger partial charge in [-0.25, -0.2) is 0 Å². The quantitative estimate of drug-likeness (QED) is 0.702. The molecule has 0 aliphatic carbocycles. The lowest BCUT2D eigenvalue weighted by Gasteiger charge is -2.30. The van der Waals surface area contributed by atoms with Gasteiger partial charge in [0, 0.05) is 25.9 Å². The Morgan fingerprint density at radius 2 is 2.00 bits per heavy atom. The van der Waals surface area contributed by atoms with Gasteiger partial charge in [0.25, 0.3) is 0 Å². The van der Waals surface area contributed by atoms with Gasteiger partial charge in [0.15, 0.2) is 5.66 Å². The van der Waals surface area contributed by atoms with Crippen molar-refractivity contribution >= 4 is 5.91 Å². The van der Waals surface area contributed by atoms with E-state index in [2.05, 4.69) is 17.2 Å². The smallest absolute Gasteiger partial charge is 0.222 e. The van der Waals surface area contributed by atoms with Crippen LogP contribution in [0.2, 0.25) is 0 Å². The van der Waals surface area contributed by atoms with E-state index in [0.717, 1.165) is 38.3 Å². The summed E-state index contributed by atoms with van der Waals surface area (Å²) >= 11 is 0. The number of likely N-dealkylation sites (tertiary alicyclic amines) is 1. The predicted octanol–water partition coefficient (Wildman–Crippen LogP) is 2.21. The fraction of sp³-hybridized carbons (Fsp3) is 0.909. The maximum absolute atomic E-state index is 11.8. The second kappa shape index (κ2) is 3.91. The number of carbonyl (C=O) groups excluding carboxylic acids is 1. The van der Waals surface area contributed by atoms with E-state index in [4.69, 9.17) is 0 Å². The monoisotopic (exact) mass is 209 g/mol. The number of hydrogen-bond donors (Lipinski definition) is 0. The minimum absolute atomic E-state index is 0.223. The van der Waals surface area contributed by atoms with Crippen molar-refractivity contribution in [2.45, 2.75) is 45.2 Å². The van der Waals surface area contributed by atoms with Crippen molar-refractivity contribution in [3.63, 3.8) is 0 Å². The van der Waals surface area contributed by atoms with Gasteiger partial charge in [-0.1, -0.05) is 6.92 Å². The van der Waals surface area contributed by atoms with E-state index >= 15 is 0 Å². The Labute approximate surface area is 90.7 Å². The minimum atomic E-state index is -0.223. The largest absolute Gasteiger partial charge is 0.343 e. The van der Waals surface area contributed by atoms with E-state index in [1.54, 1.807) is 0 Å². The second-order valence-corrected chi connectivity index (χ2v) is 4.98. The van der Waals surface area contributed by atoms with Crippen molar-refractivity contribution in [3.8, 4) is 0 Å². The molecule has 2 heterocycles. The normalized spacial score (nSPS) is 24.3. The predicted molar refractivity (Wildman–Crippen MR) is 57.5 cm³/mol. The van der Waals surface area contributed by atoms with Crippen LogP contribution in [0.4, 0.5) is 0 Å². The number of nitrogens with zero attached hydrogens (tertiary/aromatic N) is 3. The van der Waals surface area contributed by atoms with E-state index in [-0.39, 0.29) is 11.6 Å². The molecule has 2 rings (SSSR count). The zero-order valence-electron chi connectivity index (χ0n) is 9.57. The van der Waals surface area contributed by atoms with Crippen LogP contribution in [0, 0.1) is 5.92 Å². The van der Waals surface area contributed by atoms with Crippen LogP contribution < -0.4 is 0 Å². The van der Waals surface area contributed by atoms with Crippen LogP contribution in [0.5, 0.6) is 0 Å². The van der Waals surface area contributed by atoms with E-state index in [0.29, 0.717) is 6.42 Å². The summed E-state index contributed by atoms with van der Waals surface area (Å²) in [6.45, 7) is 6.10. The maximum Gasteiger partial charge on any atom is 0.222 e. The Hall–Kier alpha value is -0.930. The van der Waals surface area contributed by atoms with Gasteiger partial charge >= 0.3 is 0 Å². The lowest BCUT2D eigenvalue weighted by Crippen LogP contribution is -2.38. The molecule has 0 N–H and O–H groups in total. The number of carbonyl (C=O) groups is 1.